The number of hydrogen-bond donors (Lipinski definition) is 2. The highest BCUT2D eigenvalue weighted by molar-refractivity contribution is 7.80. The van der Waals surface area contributed by atoms with Gasteiger partial charge in [0.05, 0.1) is 12.3 Å². The summed E-state index contributed by atoms with van der Waals surface area (Å²) >= 11 is 4.60. The molecular weight excluding hydrogens is 280 g/mol. The highest BCUT2D eigenvalue weighted by atomic mass is 32.1. The van der Waals surface area contributed by atoms with Crippen molar-refractivity contribution in [1.82, 2.24) is 5.43 Å². The Kier molecular flexibility index (Phi) is 4.06. The number of benzene rings is 1. The van der Waals surface area contributed by atoms with Crippen LogP contribution >= 0.6 is 12.2 Å². The van der Waals surface area contributed by atoms with E-state index in [2.05, 4.69) is 22.7 Å². The molecule has 0 aliphatic rings. The van der Waals surface area contributed by atoms with Crippen LogP contribution in [0.25, 0.3) is 11.3 Å². The van der Waals surface area contributed by atoms with E-state index in [4.69, 9.17) is 10.2 Å². The summed E-state index contributed by atoms with van der Waals surface area (Å²) in [4.78, 5) is 9.96. The van der Waals surface area contributed by atoms with Gasteiger partial charge in [0.1, 0.15) is 10.7 Å². The van der Waals surface area contributed by atoms with E-state index in [-0.39, 0.29) is 11.0 Å². The van der Waals surface area contributed by atoms with E-state index < -0.39 is 4.92 Å². The zero-order valence-electron chi connectivity index (χ0n) is 10.1. The average molecular weight is 290 g/mol. The standard InChI is InChI=1S/C12H10N4O3S/c13-12(20)15-14-7-8-1-3-9(4-2-8)10-5-6-11(19-10)16(17)18/h1-7H,(H3,13,15,20)/b14-7-. The second-order valence-electron chi connectivity index (χ2n) is 3.75. The van der Waals surface area contributed by atoms with Crippen LogP contribution in [0.15, 0.2) is 45.9 Å². The molecule has 1 aromatic heterocycles. The maximum atomic E-state index is 10.5. The zero-order valence-corrected chi connectivity index (χ0v) is 11.0. The van der Waals surface area contributed by atoms with Gasteiger partial charge in [-0.2, -0.15) is 5.10 Å². The lowest BCUT2D eigenvalue weighted by atomic mass is 10.1. The summed E-state index contributed by atoms with van der Waals surface area (Å²) in [6.45, 7) is 0. The van der Waals surface area contributed by atoms with Crippen molar-refractivity contribution in [2.24, 2.45) is 10.8 Å². The largest absolute Gasteiger partial charge is 0.433 e. The topological polar surface area (TPSA) is 107 Å². The molecule has 102 valence electrons. The summed E-state index contributed by atoms with van der Waals surface area (Å²) in [5, 5.41) is 14.4. The van der Waals surface area contributed by atoms with Crippen LogP contribution in [0.3, 0.4) is 0 Å². The first kappa shape index (κ1) is 13.7. The first-order valence-electron chi connectivity index (χ1n) is 5.49. The van der Waals surface area contributed by atoms with Crippen LogP contribution in [0.1, 0.15) is 5.56 Å². The zero-order chi connectivity index (χ0) is 14.5. The second-order valence-corrected chi connectivity index (χ2v) is 4.19. The summed E-state index contributed by atoms with van der Waals surface area (Å²) in [6.07, 6.45) is 1.55. The van der Waals surface area contributed by atoms with Gasteiger partial charge in [0.2, 0.25) is 0 Å². The SMILES string of the molecule is NC(=S)N/N=C\c1ccc(-c2ccc([N+](=O)[O-])o2)cc1. The molecule has 0 unspecified atom stereocenters. The van der Waals surface area contributed by atoms with E-state index in [1.54, 1.807) is 36.5 Å². The van der Waals surface area contributed by atoms with E-state index in [1.807, 2.05) is 0 Å². The van der Waals surface area contributed by atoms with Gasteiger partial charge in [-0.05, 0) is 23.8 Å². The van der Waals surface area contributed by atoms with Crippen molar-refractivity contribution in [3.8, 4) is 11.3 Å². The maximum Gasteiger partial charge on any atom is 0.433 e. The van der Waals surface area contributed by atoms with E-state index in [9.17, 15) is 10.1 Å². The number of rotatable bonds is 4. The van der Waals surface area contributed by atoms with Gasteiger partial charge in [-0.25, -0.2) is 0 Å². The normalized spacial score (nSPS) is 10.6. The van der Waals surface area contributed by atoms with Crippen LogP contribution in [0.5, 0.6) is 0 Å². The van der Waals surface area contributed by atoms with E-state index in [1.165, 1.54) is 6.07 Å². The fourth-order valence-electron chi connectivity index (χ4n) is 1.48. The minimum atomic E-state index is -0.577. The molecule has 8 heteroatoms. The Labute approximate surface area is 119 Å². The van der Waals surface area contributed by atoms with Gasteiger partial charge in [0.15, 0.2) is 5.11 Å². The van der Waals surface area contributed by atoms with Crippen LogP contribution in [0.2, 0.25) is 0 Å². The smallest absolute Gasteiger partial charge is 0.401 e. The molecule has 0 saturated carbocycles. The quantitative estimate of drug-likeness (QED) is 0.386. The second kappa shape index (κ2) is 5.93. The van der Waals surface area contributed by atoms with E-state index in [0.29, 0.717) is 5.76 Å². The molecule has 0 fully saturated rings. The van der Waals surface area contributed by atoms with Crippen LogP contribution in [0, 0.1) is 10.1 Å². The first-order valence-corrected chi connectivity index (χ1v) is 5.90. The Bertz CT molecular complexity index is 664. The number of hydrazone groups is 1. The molecule has 20 heavy (non-hydrogen) atoms. The highest BCUT2D eigenvalue weighted by Gasteiger charge is 2.12. The van der Waals surface area contributed by atoms with Crippen molar-refractivity contribution in [2.45, 2.75) is 0 Å². The van der Waals surface area contributed by atoms with Crippen LogP contribution in [-0.4, -0.2) is 16.3 Å². The summed E-state index contributed by atoms with van der Waals surface area (Å²) in [5.41, 5.74) is 9.22. The summed E-state index contributed by atoms with van der Waals surface area (Å²) in [5.74, 6) is 0.146. The van der Waals surface area contributed by atoms with E-state index >= 15 is 0 Å². The lowest BCUT2D eigenvalue weighted by molar-refractivity contribution is -0.401. The van der Waals surface area contributed by atoms with Gasteiger partial charge in [0, 0.05) is 5.56 Å². The lowest BCUT2D eigenvalue weighted by Crippen LogP contribution is -2.23. The summed E-state index contributed by atoms with van der Waals surface area (Å²) in [7, 11) is 0. The van der Waals surface area contributed by atoms with Crippen LogP contribution in [-0.2, 0) is 0 Å². The van der Waals surface area contributed by atoms with Gasteiger partial charge in [-0.15, -0.1) is 0 Å². The molecule has 1 aromatic carbocycles. The predicted octanol–water partition coefficient (Wildman–Crippen LogP) is 2.02. The van der Waals surface area contributed by atoms with Crippen molar-refractivity contribution in [1.29, 1.82) is 0 Å². The number of hydrogen-bond acceptors (Lipinski definition) is 5. The van der Waals surface area contributed by atoms with Crippen molar-refractivity contribution in [3.63, 3.8) is 0 Å². The van der Waals surface area contributed by atoms with Crippen molar-refractivity contribution in [2.75, 3.05) is 0 Å². The summed E-state index contributed by atoms with van der Waals surface area (Å²) < 4.78 is 5.10. The number of nitro groups is 1. The molecule has 0 aliphatic heterocycles. The van der Waals surface area contributed by atoms with Crippen molar-refractivity contribution < 1.29 is 9.34 Å². The Hall–Kier alpha value is -2.74. The van der Waals surface area contributed by atoms with Gasteiger partial charge in [0.25, 0.3) is 0 Å². The van der Waals surface area contributed by atoms with Gasteiger partial charge < -0.3 is 10.2 Å². The number of nitrogens with zero attached hydrogens (tertiary/aromatic N) is 2. The molecule has 0 saturated heterocycles. The third-order valence-electron chi connectivity index (χ3n) is 2.36. The van der Waals surface area contributed by atoms with Gasteiger partial charge >= 0.3 is 5.88 Å². The highest BCUT2D eigenvalue weighted by Crippen LogP contribution is 2.25. The van der Waals surface area contributed by atoms with Crippen LogP contribution < -0.4 is 11.2 Å². The predicted molar refractivity (Wildman–Crippen MR) is 78.3 cm³/mol. The minimum Gasteiger partial charge on any atom is -0.401 e. The monoisotopic (exact) mass is 290 g/mol. The molecule has 0 atom stereocenters. The molecule has 2 aromatic rings. The summed E-state index contributed by atoms with van der Waals surface area (Å²) in [6, 6.07) is 9.98. The molecule has 0 aliphatic carbocycles. The molecular formula is C12H10N4O3S. The third-order valence-corrected chi connectivity index (χ3v) is 2.45. The molecule has 0 amide bonds. The fourth-order valence-corrected chi connectivity index (χ4v) is 1.54. The van der Waals surface area contributed by atoms with Crippen molar-refractivity contribution in [3.05, 3.63) is 52.1 Å². The molecule has 0 bridgehead atoms. The van der Waals surface area contributed by atoms with Crippen molar-refractivity contribution >= 4 is 29.4 Å². The Balaban J connectivity index is 2.13. The molecule has 0 radical (unpaired) electrons. The Morgan fingerprint density at radius 1 is 1.35 bits per heavy atom. The number of thiocarbonyl (C=S) groups is 1. The van der Waals surface area contributed by atoms with Gasteiger partial charge in [-0.3, -0.25) is 15.5 Å². The number of nitrogens with two attached hydrogens (primary N) is 1. The van der Waals surface area contributed by atoms with Gasteiger partial charge in [-0.1, -0.05) is 24.3 Å². The number of nitrogens with one attached hydrogen (secondary N) is 1. The third kappa shape index (κ3) is 3.39. The average Bonchev–Trinajstić information content (AvgIpc) is 2.89. The molecule has 7 nitrogen and oxygen atoms in total. The molecule has 0 spiro atoms. The first-order chi connectivity index (χ1) is 9.56. The molecule has 1 heterocycles. The maximum absolute atomic E-state index is 10.5. The minimum absolute atomic E-state index is 0.0840. The Morgan fingerprint density at radius 3 is 2.60 bits per heavy atom. The lowest BCUT2D eigenvalue weighted by Gasteiger charge is -1.98. The molecule has 3 N–H and O–H groups in total. The molecule has 2 rings (SSSR count). The fraction of sp³-hybridized carbons (Fsp3) is 0. The number of furan rings is 1. The van der Waals surface area contributed by atoms with E-state index in [0.717, 1.165) is 11.1 Å². The van der Waals surface area contributed by atoms with Crippen LogP contribution in [0.4, 0.5) is 5.88 Å². The Morgan fingerprint density at radius 2 is 2.05 bits per heavy atom.